The van der Waals surface area contributed by atoms with E-state index in [9.17, 15) is 8.42 Å². The lowest BCUT2D eigenvalue weighted by molar-refractivity contribution is 0.402. The molecule has 0 amide bonds. The molecule has 1 saturated heterocycles. The Morgan fingerprint density at radius 1 is 1.67 bits per heavy atom. The van der Waals surface area contributed by atoms with Gasteiger partial charge in [-0.3, -0.25) is 0 Å². The minimum atomic E-state index is -2.93. The maximum absolute atomic E-state index is 11.4. The maximum Gasteiger partial charge on any atom is 0.194 e. The van der Waals surface area contributed by atoms with Gasteiger partial charge in [-0.25, -0.2) is 13.4 Å². The molecule has 0 aliphatic carbocycles. The molecule has 1 N–H and O–H groups in total. The molecule has 0 spiro atoms. The molecule has 5 nitrogen and oxygen atoms in total. The van der Waals surface area contributed by atoms with E-state index in [4.69, 9.17) is 4.42 Å². The van der Waals surface area contributed by atoms with Gasteiger partial charge in [0.15, 0.2) is 15.7 Å². The fraction of sp³-hybridized carbons (Fsp3) is 0.667. The number of aryl methyl sites for hydroxylation is 1. The van der Waals surface area contributed by atoms with Crippen LogP contribution in [0.15, 0.2) is 10.6 Å². The number of aromatic nitrogens is 1. The van der Waals surface area contributed by atoms with Crippen LogP contribution < -0.4 is 5.32 Å². The third kappa shape index (κ3) is 2.38. The number of hydrogen-bond acceptors (Lipinski definition) is 5. The predicted octanol–water partition coefficient (Wildman–Crippen LogP) is 0.296. The fourth-order valence-corrected chi connectivity index (χ4v) is 3.00. The van der Waals surface area contributed by atoms with Gasteiger partial charge in [0.05, 0.1) is 23.7 Å². The Hall–Kier alpha value is -0.880. The van der Waals surface area contributed by atoms with Crippen molar-refractivity contribution >= 4 is 9.84 Å². The van der Waals surface area contributed by atoms with E-state index in [1.54, 1.807) is 6.20 Å². The van der Waals surface area contributed by atoms with E-state index in [0.717, 1.165) is 6.42 Å². The summed E-state index contributed by atoms with van der Waals surface area (Å²) in [6.45, 7) is 2.43. The molecule has 2 rings (SSSR count). The summed E-state index contributed by atoms with van der Waals surface area (Å²) in [5, 5.41) is 3.12. The molecule has 0 saturated carbocycles. The smallest absolute Gasteiger partial charge is 0.194 e. The second kappa shape index (κ2) is 3.94. The molecule has 1 unspecified atom stereocenters. The van der Waals surface area contributed by atoms with Gasteiger partial charge in [0.25, 0.3) is 0 Å². The Labute approximate surface area is 88.8 Å². The fourth-order valence-electron chi connectivity index (χ4n) is 1.62. The third-order valence-electron chi connectivity index (χ3n) is 2.44. The highest BCUT2D eigenvalue weighted by Crippen LogP contribution is 2.19. The Morgan fingerprint density at radius 3 is 3.07 bits per heavy atom. The van der Waals surface area contributed by atoms with E-state index < -0.39 is 9.84 Å². The van der Waals surface area contributed by atoms with Crippen molar-refractivity contribution in [2.75, 3.05) is 18.1 Å². The molecule has 1 atom stereocenters. The molecule has 15 heavy (non-hydrogen) atoms. The van der Waals surface area contributed by atoms with Crippen LogP contribution in [0.25, 0.3) is 0 Å². The van der Waals surface area contributed by atoms with Crippen LogP contribution in [0.1, 0.15) is 24.6 Å². The minimum absolute atomic E-state index is 0.103. The SMILES string of the molecule is CCc1ncc(C2CS(=O)(=O)CCN2)o1. The van der Waals surface area contributed by atoms with Crippen molar-refractivity contribution in [2.45, 2.75) is 19.4 Å². The highest BCUT2D eigenvalue weighted by Gasteiger charge is 2.27. The van der Waals surface area contributed by atoms with E-state index in [1.165, 1.54) is 0 Å². The summed E-state index contributed by atoms with van der Waals surface area (Å²) in [5.41, 5.74) is 0. The van der Waals surface area contributed by atoms with E-state index in [2.05, 4.69) is 10.3 Å². The van der Waals surface area contributed by atoms with Crippen LogP contribution in [0.3, 0.4) is 0 Å². The van der Waals surface area contributed by atoms with Crippen LogP contribution in [0.4, 0.5) is 0 Å². The summed E-state index contributed by atoms with van der Waals surface area (Å²) in [6, 6.07) is -0.239. The number of nitrogens with one attached hydrogen (secondary N) is 1. The van der Waals surface area contributed by atoms with Gasteiger partial charge in [-0.2, -0.15) is 0 Å². The van der Waals surface area contributed by atoms with Crippen molar-refractivity contribution < 1.29 is 12.8 Å². The summed E-state index contributed by atoms with van der Waals surface area (Å²) in [5.74, 6) is 1.58. The van der Waals surface area contributed by atoms with Crippen molar-refractivity contribution in [1.29, 1.82) is 0 Å². The molecule has 1 aliphatic heterocycles. The molecule has 1 aromatic rings. The van der Waals surface area contributed by atoms with E-state index in [1.807, 2.05) is 6.92 Å². The number of hydrogen-bond donors (Lipinski definition) is 1. The zero-order valence-corrected chi connectivity index (χ0v) is 9.38. The lowest BCUT2D eigenvalue weighted by Crippen LogP contribution is -2.38. The highest BCUT2D eigenvalue weighted by atomic mass is 32.2. The van der Waals surface area contributed by atoms with E-state index >= 15 is 0 Å². The Morgan fingerprint density at radius 2 is 2.47 bits per heavy atom. The molecule has 2 heterocycles. The maximum atomic E-state index is 11.4. The lowest BCUT2D eigenvalue weighted by Gasteiger charge is -2.21. The van der Waals surface area contributed by atoms with Gasteiger partial charge >= 0.3 is 0 Å². The molecule has 1 aromatic heterocycles. The normalized spacial score (nSPS) is 25.3. The average Bonchev–Trinajstić information content (AvgIpc) is 2.64. The van der Waals surface area contributed by atoms with Gasteiger partial charge in [0.1, 0.15) is 5.76 Å². The highest BCUT2D eigenvalue weighted by molar-refractivity contribution is 7.91. The molecule has 0 bridgehead atoms. The first-order valence-corrected chi connectivity index (χ1v) is 6.81. The minimum Gasteiger partial charge on any atom is -0.444 e. The molecular formula is C9H14N2O3S. The molecular weight excluding hydrogens is 216 g/mol. The van der Waals surface area contributed by atoms with Crippen LogP contribution in [0, 0.1) is 0 Å². The number of sulfone groups is 1. The summed E-state index contributed by atoms with van der Waals surface area (Å²) < 4.78 is 28.2. The first-order valence-electron chi connectivity index (χ1n) is 4.99. The molecule has 1 fully saturated rings. The van der Waals surface area contributed by atoms with Crippen LogP contribution in [0.5, 0.6) is 0 Å². The zero-order chi connectivity index (χ0) is 10.9. The number of rotatable bonds is 2. The molecule has 0 aromatic carbocycles. The van der Waals surface area contributed by atoms with Crippen molar-refractivity contribution in [3.63, 3.8) is 0 Å². The monoisotopic (exact) mass is 230 g/mol. The van der Waals surface area contributed by atoms with Gasteiger partial charge in [0.2, 0.25) is 0 Å². The average molecular weight is 230 g/mol. The van der Waals surface area contributed by atoms with Crippen molar-refractivity contribution in [2.24, 2.45) is 0 Å². The van der Waals surface area contributed by atoms with Gasteiger partial charge in [-0.15, -0.1) is 0 Å². The largest absolute Gasteiger partial charge is 0.444 e. The van der Waals surface area contributed by atoms with Gasteiger partial charge < -0.3 is 9.73 Å². The molecule has 1 aliphatic rings. The standard InChI is InChI=1S/C9H14N2O3S/c1-2-9-11-5-8(14-9)7-6-15(12,13)4-3-10-7/h5,7,10H,2-4,6H2,1H3. The zero-order valence-electron chi connectivity index (χ0n) is 8.56. The third-order valence-corrected chi connectivity index (χ3v) is 4.11. The van der Waals surface area contributed by atoms with Crippen molar-refractivity contribution in [1.82, 2.24) is 10.3 Å². The first-order chi connectivity index (χ1) is 7.11. The van der Waals surface area contributed by atoms with Crippen molar-refractivity contribution in [3.8, 4) is 0 Å². The molecule has 84 valence electrons. The summed E-state index contributed by atoms with van der Waals surface area (Å²) in [6.07, 6.45) is 2.33. The van der Waals surface area contributed by atoms with E-state index in [-0.39, 0.29) is 17.5 Å². The topological polar surface area (TPSA) is 72.2 Å². The van der Waals surface area contributed by atoms with Crippen molar-refractivity contribution in [3.05, 3.63) is 17.8 Å². The van der Waals surface area contributed by atoms with Crippen LogP contribution in [0.2, 0.25) is 0 Å². The van der Waals surface area contributed by atoms with Crippen LogP contribution in [-0.2, 0) is 16.3 Å². The van der Waals surface area contributed by atoms with Gasteiger partial charge in [-0.1, -0.05) is 6.92 Å². The number of nitrogens with zero attached hydrogens (tertiary/aromatic N) is 1. The molecule has 0 radical (unpaired) electrons. The summed E-state index contributed by atoms with van der Waals surface area (Å²) in [4.78, 5) is 4.06. The predicted molar refractivity (Wildman–Crippen MR) is 55.3 cm³/mol. The Kier molecular flexibility index (Phi) is 2.79. The second-order valence-corrected chi connectivity index (χ2v) is 5.86. The van der Waals surface area contributed by atoms with Gasteiger partial charge in [-0.05, 0) is 0 Å². The Balaban J connectivity index is 2.17. The van der Waals surface area contributed by atoms with Crippen LogP contribution in [-0.4, -0.2) is 31.5 Å². The lowest BCUT2D eigenvalue weighted by atomic mass is 10.3. The van der Waals surface area contributed by atoms with Crippen LogP contribution >= 0.6 is 0 Å². The summed E-state index contributed by atoms with van der Waals surface area (Å²) >= 11 is 0. The van der Waals surface area contributed by atoms with Gasteiger partial charge in [0, 0.05) is 13.0 Å². The molecule has 6 heteroatoms. The Bertz CT molecular complexity index is 438. The quantitative estimate of drug-likeness (QED) is 0.791. The summed E-state index contributed by atoms with van der Waals surface area (Å²) in [7, 11) is -2.93. The first kappa shape index (κ1) is 10.6. The van der Waals surface area contributed by atoms with E-state index in [0.29, 0.717) is 18.2 Å². The number of oxazole rings is 1. The second-order valence-electron chi connectivity index (χ2n) is 3.63.